The monoisotopic (exact) mass is 470 g/mol. The number of ether oxygens (including phenoxy) is 1. The highest BCUT2D eigenvalue weighted by atomic mass is 32.1. The molecule has 160 valence electrons. The lowest BCUT2D eigenvalue weighted by Gasteiger charge is -2.27. The average molecular weight is 471 g/mol. The van der Waals surface area contributed by atoms with Crippen LogP contribution in [0.4, 0.5) is 5.13 Å². The Balaban J connectivity index is 1.36. The van der Waals surface area contributed by atoms with Crippen LogP contribution in [-0.2, 0) is 4.74 Å². The van der Waals surface area contributed by atoms with Crippen LogP contribution in [0, 0.1) is 0 Å². The molecule has 3 aromatic heterocycles. The van der Waals surface area contributed by atoms with Crippen molar-refractivity contribution in [1.29, 1.82) is 0 Å². The van der Waals surface area contributed by atoms with Gasteiger partial charge in [-0.25, -0.2) is 9.97 Å². The average Bonchev–Trinajstić information content (AvgIpc) is 3.57. The van der Waals surface area contributed by atoms with Crippen LogP contribution in [0.2, 0.25) is 0 Å². The van der Waals surface area contributed by atoms with Crippen LogP contribution in [0.1, 0.15) is 16.1 Å². The van der Waals surface area contributed by atoms with E-state index in [1.54, 1.807) is 11.3 Å². The zero-order valence-electron chi connectivity index (χ0n) is 16.9. The third-order valence-electron chi connectivity index (χ3n) is 5.17. The third-order valence-corrected chi connectivity index (χ3v) is 7.95. The van der Waals surface area contributed by atoms with Gasteiger partial charge in [0.25, 0.3) is 5.91 Å². The quantitative estimate of drug-likeness (QED) is 0.386. The van der Waals surface area contributed by atoms with E-state index in [1.807, 2.05) is 46.0 Å². The van der Waals surface area contributed by atoms with Crippen molar-refractivity contribution in [1.82, 2.24) is 14.9 Å². The largest absolute Gasteiger partial charge is 0.379 e. The van der Waals surface area contributed by atoms with E-state index in [9.17, 15) is 4.79 Å². The molecule has 0 unspecified atom stereocenters. The van der Waals surface area contributed by atoms with Gasteiger partial charge in [-0.15, -0.1) is 34.0 Å². The lowest BCUT2D eigenvalue weighted by atomic mass is 10.3. The predicted molar refractivity (Wildman–Crippen MR) is 129 cm³/mol. The van der Waals surface area contributed by atoms with Gasteiger partial charge in [-0.3, -0.25) is 14.6 Å². The number of aromatic nitrogens is 2. The number of nitrogens with zero attached hydrogens (tertiary/aromatic N) is 4. The van der Waals surface area contributed by atoms with Crippen molar-refractivity contribution >= 4 is 55.3 Å². The van der Waals surface area contributed by atoms with Crippen LogP contribution >= 0.6 is 34.0 Å². The number of amides is 1. The maximum atomic E-state index is 13.2. The molecule has 1 aliphatic rings. The number of anilines is 1. The SMILES string of the molecule is O=C(c1cccs1)N(CCCN1CCOCC1)c1nc(-c2nc3ccccc3s2)cs1. The van der Waals surface area contributed by atoms with Crippen LogP contribution in [0.25, 0.3) is 20.9 Å². The smallest absolute Gasteiger partial charge is 0.270 e. The third kappa shape index (κ3) is 4.70. The molecule has 1 amide bonds. The van der Waals surface area contributed by atoms with Gasteiger partial charge in [-0.05, 0) is 30.0 Å². The van der Waals surface area contributed by atoms with Crippen molar-refractivity contribution in [2.24, 2.45) is 0 Å². The molecule has 0 spiro atoms. The van der Waals surface area contributed by atoms with Gasteiger partial charge in [0.05, 0.1) is 28.3 Å². The molecule has 5 rings (SSSR count). The zero-order valence-corrected chi connectivity index (χ0v) is 19.3. The summed E-state index contributed by atoms with van der Waals surface area (Å²) in [5.74, 6) is 0.0159. The van der Waals surface area contributed by atoms with E-state index in [2.05, 4.69) is 11.0 Å². The maximum absolute atomic E-state index is 13.2. The molecule has 1 saturated heterocycles. The fraction of sp³-hybridized carbons (Fsp3) is 0.318. The number of rotatable bonds is 7. The van der Waals surface area contributed by atoms with E-state index in [4.69, 9.17) is 14.7 Å². The molecule has 4 aromatic rings. The first-order chi connectivity index (χ1) is 15.3. The number of fused-ring (bicyclic) bond motifs is 1. The normalized spacial score (nSPS) is 14.8. The van der Waals surface area contributed by atoms with Crippen molar-refractivity contribution in [3.8, 4) is 10.7 Å². The highest BCUT2D eigenvalue weighted by molar-refractivity contribution is 7.22. The molecule has 9 heteroatoms. The second kappa shape index (κ2) is 9.54. The topological polar surface area (TPSA) is 58.6 Å². The summed E-state index contributed by atoms with van der Waals surface area (Å²) < 4.78 is 6.57. The molecule has 1 fully saturated rings. The number of carbonyl (C=O) groups is 1. The van der Waals surface area contributed by atoms with Gasteiger partial charge in [0.2, 0.25) is 0 Å². The first-order valence-electron chi connectivity index (χ1n) is 10.2. The predicted octanol–water partition coefficient (Wildman–Crippen LogP) is 4.85. The van der Waals surface area contributed by atoms with Gasteiger partial charge in [0, 0.05) is 31.6 Å². The number of morpholine rings is 1. The molecule has 4 heterocycles. The Kier molecular flexibility index (Phi) is 6.37. The number of hydrogen-bond donors (Lipinski definition) is 0. The standard InChI is InChI=1S/C22H22N4O2S3/c27-21(19-7-3-14-29-19)26(9-4-8-25-10-12-28-13-11-25)22-24-17(15-30-22)20-23-16-5-1-2-6-18(16)31-20/h1-3,5-7,14-15H,4,8-13H2. The number of benzene rings is 1. The van der Waals surface area contributed by atoms with Gasteiger partial charge in [0.15, 0.2) is 5.13 Å². The Labute approximate surface area is 192 Å². The van der Waals surface area contributed by atoms with Crippen molar-refractivity contribution in [2.75, 3.05) is 44.3 Å². The van der Waals surface area contributed by atoms with E-state index in [1.165, 1.54) is 22.7 Å². The molecule has 0 bridgehead atoms. The van der Waals surface area contributed by atoms with Crippen LogP contribution < -0.4 is 4.90 Å². The lowest BCUT2D eigenvalue weighted by molar-refractivity contribution is 0.0376. The summed E-state index contributed by atoms with van der Waals surface area (Å²) in [6, 6.07) is 11.9. The van der Waals surface area contributed by atoms with Crippen molar-refractivity contribution < 1.29 is 9.53 Å². The molecule has 0 aliphatic carbocycles. The highest BCUT2D eigenvalue weighted by Crippen LogP contribution is 2.33. The summed E-state index contributed by atoms with van der Waals surface area (Å²) in [5, 5.41) is 5.56. The summed E-state index contributed by atoms with van der Waals surface area (Å²) in [7, 11) is 0. The highest BCUT2D eigenvalue weighted by Gasteiger charge is 2.23. The molecule has 31 heavy (non-hydrogen) atoms. The van der Waals surface area contributed by atoms with Gasteiger partial charge in [-0.2, -0.15) is 0 Å². The van der Waals surface area contributed by atoms with Crippen LogP contribution in [0.3, 0.4) is 0 Å². The summed E-state index contributed by atoms with van der Waals surface area (Å²) >= 11 is 4.61. The molecule has 1 aliphatic heterocycles. The summed E-state index contributed by atoms with van der Waals surface area (Å²) in [6.07, 6.45) is 0.896. The van der Waals surface area contributed by atoms with Crippen molar-refractivity contribution in [3.05, 3.63) is 52.0 Å². The Morgan fingerprint density at radius 3 is 2.77 bits per heavy atom. The second-order valence-electron chi connectivity index (χ2n) is 7.24. The number of thiophene rings is 1. The Morgan fingerprint density at radius 2 is 1.97 bits per heavy atom. The van der Waals surface area contributed by atoms with E-state index in [-0.39, 0.29) is 5.91 Å². The van der Waals surface area contributed by atoms with E-state index >= 15 is 0 Å². The second-order valence-corrected chi connectivity index (χ2v) is 10.1. The maximum Gasteiger partial charge on any atom is 0.270 e. The minimum absolute atomic E-state index is 0.0159. The molecule has 0 atom stereocenters. The first-order valence-corrected chi connectivity index (χ1v) is 12.8. The number of hydrogen-bond acceptors (Lipinski definition) is 8. The van der Waals surface area contributed by atoms with Gasteiger partial charge < -0.3 is 4.74 Å². The molecular formula is C22H22N4O2S3. The molecule has 1 aromatic carbocycles. The molecular weight excluding hydrogens is 448 g/mol. The Bertz CT molecular complexity index is 1120. The molecule has 0 saturated carbocycles. The van der Waals surface area contributed by atoms with Crippen molar-refractivity contribution in [3.63, 3.8) is 0 Å². The molecule has 0 N–H and O–H groups in total. The zero-order chi connectivity index (χ0) is 21.0. The minimum atomic E-state index is 0.0159. The number of carbonyl (C=O) groups excluding carboxylic acids is 1. The minimum Gasteiger partial charge on any atom is -0.379 e. The van der Waals surface area contributed by atoms with E-state index in [0.717, 1.165) is 70.2 Å². The van der Waals surface area contributed by atoms with Crippen LogP contribution in [-0.4, -0.2) is 60.2 Å². The van der Waals surface area contributed by atoms with Gasteiger partial charge in [0.1, 0.15) is 10.7 Å². The summed E-state index contributed by atoms with van der Waals surface area (Å²) in [6.45, 7) is 5.08. The van der Waals surface area contributed by atoms with Crippen LogP contribution in [0.5, 0.6) is 0 Å². The van der Waals surface area contributed by atoms with Crippen LogP contribution in [0.15, 0.2) is 47.2 Å². The summed E-state index contributed by atoms with van der Waals surface area (Å²) in [5.41, 5.74) is 1.81. The van der Waals surface area contributed by atoms with Gasteiger partial charge in [-0.1, -0.05) is 18.2 Å². The first kappa shape index (κ1) is 20.7. The molecule has 0 radical (unpaired) electrons. The van der Waals surface area contributed by atoms with Gasteiger partial charge >= 0.3 is 0 Å². The van der Waals surface area contributed by atoms with E-state index in [0.29, 0.717) is 6.54 Å². The lowest BCUT2D eigenvalue weighted by Crippen LogP contribution is -2.39. The Hall–Kier alpha value is -2.17. The fourth-order valence-electron chi connectivity index (χ4n) is 3.56. The Morgan fingerprint density at radius 1 is 1.10 bits per heavy atom. The number of thiazole rings is 2. The summed E-state index contributed by atoms with van der Waals surface area (Å²) in [4.78, 5) is 27.7. The molecule has 6 nitrogen and oxygen atoms in total. The van der Waals surface area contributed by atoms with Crippen molar-refractivity contribution in [2.45, 2.75) is 6.42 Å². The van der Waals surface area contributed by atoms with E-state index < -0.39 is 0 Å². The fourth-order valence-corrected chi connectivity index (χ4v) is 6.07. The number of para-hydroxylation sites is 1.